The van der Waals surface area contributed by atoms with Gasteiger partial charge in [0.25, 0.3) is 0 Å². The summed E-state index contributed by atoms with van der Waals surface area (Å²) in [6.07, 6.45) is 2.90. The Morgan fingerprint density at radius 2 is 1.84 bits per heavy atom. The van der Waals surface area contributed by atoms with Gasteiger partial charge in [-0.2, -0.15) is 0 Å². The van der Waals surface area contributed by atoms with Gasteiger partial charge in [0.1, 0.15) is 11.6 Å². The van der Waals surface area contributed by atoms with Crippen LogP contribution in [0.2, 0.25) is 0 Å². The first-order valence-corrected chi connectivity index (χ1v) is 11.9. The van der Waals surface area contributed by atoms with E-state index in [0.717, 1.165) is 68.3 Å². The summed E-state index contributed by atoms with van der Waals surface area (Å²) >= 11 is 0. The lowest BCUT2D eigenvalue weighted by atomic mass is 9.97. The second kappa shape index (κ2) is 9.57. The van der Waals surface area contributed by atoms with Crippen molar-refractivity contribution in [3.63, 3.8) is 0 Å². The van der Waals surface area contributed by atoms with Crippen LogP contribution < -0.4 is 4.90 Å². The first-order valence-electron chi connectivity index (χ1n) is 11.9. The van der Waals surface area contributed by atoms with E-state index in [-0.39, 0.29) is 11.8 Å². The van der Waals surface area contributed by atoms with Gasteiger partial charge in [-0.15, -0.1) is 0 Å². The predicted molar refractivity (Wildman–Crippen MR) is 127 cm³/mol. The summed E-state index contributed by atoms with van der Waals surface area (Å²) in [5.74, 6) is 2.72. The molecule has 1 saturated heterocycles. The minimum absolute atomic E-state index is 0.233. The highest BCUT2D eigenvalue weighted by Crippen LogP contribution is 2.32. The van der Waals surface area contributed by atoms with Gasteiger partial charge in [0, 0.05) is 57.1 Å². The predicted octanol–water partition coefficient (Wildman–Crippen LogP) is 4.01. The number of methoxy groups -OCH3 is 1. The third-order valence-corrected chi connectivity index (χ3v) is 6.58. The number of aromatic nitrogens is 2. The summed E-state index contributed by atoms with van der Waals surface area (Å²) in [5.41, 5.74) is 5.95. The maximum absolute atomic E-state index is 12.5. The number of nitrogens with zero attached hydrogens (tertiary/aromatic N) is 4. The monoisotopic (exact) mass is 436 g/mol. The third-order valence-electron chi connectivity index (χ3n) is 6.58. The number of hydrogen-bond donors (Lipinski definition) is 0. The van der Waals surface area contributed by atoms with Crippen LogP contribution in [-0.2, 0) is 22.6 Å². The van der Waals surface area contributed by atoms with Crippen LogP contribution in [0.1, 0.15) is 66.4 Å². The first kappa shape index (κ1) is 22.7. The normalized spacial score (nSPS) is 16.7. The number of benzene rings is 1. The van der Waals surface area contributed by atoms with Crippen molar-refractivity contribution in [1.29, 1.82) is 0 Å². The molecule has 1 amide bonds. The molecular weight excluding hydrogens is 400 g/mol. The molecule has 2 aromatic rings. The molecule has 2 fully saturated rings. The Morgan fingerprint density at radius 3 is 2.47 bits per heavy atom. The first-order chi connectivity index (χ1) is 15.4. The maximum Gasteiger partial charge on any atom is 0.225 e. The Bertz CT molecular complexity index is 976. The maximum atomic E-state index is 12.5. The van der Waals surface area contributed by atoms with Gasteiger partial charge in [0.2, 0.25) is 5.91 Å². The largest absolute Gasteiger partial charge is 0.378 e. The minimum atomic E-state index is 0.233. The van der Waals surface area contributed by atoms with Gasteiger partial charge in [0.05, 0.1) is 12.3 Å². The van der Waals surface area contributed by atoms with Crippen LogP contribution in [0.4, 0.5) is 5.82 Å². The van der Waals surface area contributed by atoms with Crippen LogP contribution in [0.3, 0.4) is 0 Å². The van der Waals surface area contributed by atoms with Crippen molar-refractivity contribution >= 4 is 11.7 Å². The fraction of sp³-hybridized carbons (Fsp3) is 0.577. The highest BCUT2D eigenvalue weighted by molar-refractivity contribution is 5.81. The van der Waals surface area contributed by atoms with Crippen LogP contribution in [-0.4, -0.2) is 54.1 Å². The number of rotatable bonds is 7. The number of aryl methyl sites for hydroxylation is 2. The van der Waals surface area contributed by atoms with Crippen LogP contribution >= 0.6 is 0 Å². The second-order valence-corrected chi connectivity index (χ2v) is 9.61. The van der Waals surface area contributed by atoms with Gasteiger partial charge >= 0.3 is 0 Å². The average molecular weight is 437 g/mol. The Morgan fingerprint density at radius 1 is 1.12 bits per heavy atom. The van der Waals surface area contributed by atoms with Crippen molar-refractivity contribution < 1.29 is 9.53 Å². The van der Waals surface area contributed by atoms with Crippen LogP contribution in [0, 0.1) is 19.8 Å². The van der Waals surface area contributed by atoms with Crippen molar-refractivity contribution in [2.75, 3.05) is 38.2 Å². The smallest absolute Gasteiger partial charge is 0.225 e. The molecule has 1 aromatic carbocycles. The van der Waals surface area contributed by atoms with Crippen molar-refractivity contribution in [2.45, 2.75) is 59.5 Å². The van der Waals surface area contributed by atoms with Gasteiger partial charge in [0.15, 0.2) is 0 Å². The molecule has 1 aromatic heterocycles. The molecule has 6 nitrogen and oxygen atoms in total. The lowest BCUT2D eigenvalue weighted by molar-refractivity contribution is -0.132. The van der Waals surface area contributed by atoms with E-state index in [4.69, 9.17) is 14.7 Å². The molecule has 4 rings (SSSR count). The fourth-order valence-corrected chi connectivity index (χ4v) is 4.40. The number of carbonyl (C=O) groups excluding carboxylic acids is 1. The van der Waals surface area contributed by atoms with E-state index < -0.39 is 0 Å². The molecule has 0 N–H and O–H groups in total. The zero-order valence-corrected chi connectivity index (χ0v) is 20.1. The molecule has 0 spiro atoms. The summed E-state index contributed by atoms with van der Waals surface area (Å²) in [6, 6.07) is 6.61. The van der Waals surface area contributed by atoms with Gasteiger partial charge in [-0.05, 0) is 37.8 Å². The zero-order chi connectivity index (χ0) is 22.8. The number of piperazine rings is 1. The average Bonchev–Trinajstić information content (AvgIpc) is 3.62. The topological polar surface area (TPSA) is 58.6 Å². The molecule has 0 radical (unpaired) electrons. The summed E-state index contributed by atoms with van der Waals surface area (Å²) in [6.45, 7) is 12.2. The van der Waals surface area contributed by atoms with E-state index in [1.165, 1.54) is 16.7 Å². The Hall–Kier alpha value is -2.47. The molecule has 32 heavy (non-hydrogen) atoms. The number of carbonyl (C=O) groups is 1. The molecule has 2 heterocycles. The Balaban J connectivity index is 1.68. The lowest BCUT2D eigenvalue weighted by Gasteiger charge is -2.37. The molecule has 1 aliphatic heterocycles. The SMILES string of the molecule is COCc1nc(C(C)C)nc(N2CCN(C(=O)C3CC3)CC2)c1Cc1cc(C)ccc1C. The third kappa shape index (κ3) is 4.96. The fourth-order valence-electron chi connectivity index (χ4n) is 4.40. The molecule has 0 unspecified atom stereocenters. The van der Waals surface area contributed by atoms with E-state index in [9.17, 15) is 4.79 Å². The highest BCUT2D eigenvalue weighted by Gasteiger charge is 2.35. The molecule has 0 bridgehead atoms. The lowest BCUT2D eigenvalue weighted by Crippen LogP contribution is -2.50. The summed E-state index contributed by atoms with van der Waals surface area (Å²) in [4.78, 5) is 26.9. The quantitative estimate of drug-likeness (QED) is 0.656. The molecule has 6 heteroatoms. The Kier molecular flexibility index (Phi) is 6.79. The number of hydrogen-bond acceptors (Lipinski definition) is 5. The standard InChI is InChI=1S/C26H36N4O2/c1-17(2)24-27-23(16-32-5)22(15-21-14-18(3)6-7-19(21)4)25(28-24)29-10-12-30(13-11-29)26(31)20-8-9-20/h6-7,14,17,20H,8-13,15-16H2,1-5H3. The summed E-state index contributed by atoms with van der Waals surface area (Å²) < 4.78 is 5.56. The Labute approximate surface area is 192 Å². The molecule has 1 aliphatic carbocycles. The molecular formula is C26H36N4O2. The minimum Gasteiger partial charge on any atom is -0.378 e. The van der Waals surface area contributed by atoms with E-state index in [2.05, 4.69) is 50.8 Å². The summed E-state index contributed by atoms with van der Waals surface area (Å²) in [7, 11) is 1.72. The summed E-state index contributed by atoms with van der Waals surface area (Å²) in [5, 5.41) is 0. The van der Waals surface area contributed by atoms with Crippen molar-refractivity contribution in [3.8, 4) is 0 Å². The second-order valence-electron chi connectivity index (χ2n) is 9.61. The highest BCUT2D eigenvalue weighted by atomic mass is 16.5. The van der Waals surface area contributed by atoms with Crippen LogP contribution in [0.25, 0.3) is 0 Å². The van der Waals surface area contributed by atoms with Crippen molar-refractivity contribution in [1.82, 2.24) is 14.9 Å². The van der Waals surface area contributed by atoms with Crippen molar-refractivity contribution in [3.05, 3.63) is 52.0 Å². The van der Waals surface area contributed by atoms with E-state index in [1.807, 2.05) is 4.90 Å². The van der Waals surface area contributed by atoms with Crippen LogP contribution in [0.5, 0.6) is 0 Å². The van der Waals surface area contributed by atoms with E-state index in [0.29, 0.717) is 12.5 Å². The molecule has 172 valence electrons. The molecule has 0 atom stereocenters. The van der Waals surface area contributed by atoms with Gasteiger partial charge in [-0.1, -0.05) is 37.6 Å². The number of amides is 1. The zero-order valence-electron chi connectivity index (χ0n) is 20.1. The van der Waals surface area contributed by atoms with Crippen LogP contribution in [0.15, 0.2) is 18.2 Å². The van der Waals surface area contributed by atoms with E-state index >= 15 is 0 Å². The van der Waals surface area contributed by atoms with E-state index in [1.54, 1.807) is 7.11 Å². The molecule has 1 saturated carbocycles. The van der Waals surface area contributed by atoms with Gasteiger partial charge < -0.3 is 14.5 Å². The van der Waals surface area contributed by atoms with Crippen molar-refractivity contribution in [2.24, 2.45) is 5.92 Å². The van der Waals surface area contributed by atoms with Gasteiger partial charge in [-0.25, -0.2) is 9.97 Å². The number of anilines is 1. The number of ether oxygens (including phenoxy) is 1. The van der Waals surface area contributed by atoms with Gasteiger partial charge in [-0.3, -0.25) is 4.79 Å². The molecule has 2 aliphatic rings.